The zero-order valence-electron chi connectivity index (χ0n) is 14.9. The maximum absolute atomic E-state index is 12.4. The Kier molecular flexibility index (Phi) is 4.54. The average molecular weight is 344 g/mol. The van der Waals surface area contributed by atoms with Crippen molar-refractivity contribution in [3.8, 4) is 5.75 Å². The molecule has 0 radical (unpaired) electrons. The summed E-state index contributed by atoms with van der Waals surface area (Å²) in [6, 6.07) is 7.95. The molecular formula is C19H24N2O4. The molecule has 0 aromatic heterocycles. The Morgan fingerprint density at radius 2 is 1.72 bits per heavy atom. The quantitative estimate of drug-likeness (QED) is 0.846. The molecule has 2 heterocycles. The molecule has 2 aliphatic rings. The summed E-state index contributed by atoms with van der Waals surface area (Å²) >= 11 is 0. The minimum absolute atomic E-state index is 0.0222. The van der Waals surface area contributed by atoms with Gasteiger partial charge in [0.2, 0.25) is 17.7 Å². The number of carbonyl (C=O) groups is 3. The molecule has 2 fully saturated rings. The van der Waals surface area contributed by atoms with Gasteiger partial charge in [-0.25, -0.2) is 0 Å². The Balaban J connectivity index is 1.58. The van der Waals surface area contributed by atoms with Gasteiger partial charge in [0.15, 0.2) is 0 Å². The van der Waals surface area contributed by atoms with Crippen LogP contribution in [-0.2, 0) is 19.8 Å². The molecule has 0 atom stereocenters. The molecule has 0 unspecified atom stereocenters. The minimum Gasteiger partial charge on any atom is -0.486 e. The van der Waals surface area contributed by atoms with Gasteiger partial charge >= 0.3 is 0 Å². The summed E-state index contributed by atoms with van der Waals surface area (Å²) in [5, 5.41) is 2.23. The number of ether oxygens (including phenoxy) is 1. The average Bonchev–Trinajstić information content (AvgIpc) is 2.48. The molecule has 6 heteroatoms. The second-order valence-corrected chi connectivity index (χ2v) is 7.81. The van der Waals surface area contributed by atoms with Crippen molar-refractivity contribution >= 4 is 17.7 Å². The van der Waals surface area contributed by atoms with Crippen molar-refractivity contribution in [2.75, 3.05) is 13.1 Å². The smallest absolute Gasteiger partial charge is 0.227 e. The number of imide groups is 1. The number of para-hydroxylation sites is 1. The monoisotopic (exact) mass is 344 g/mol. The molecule has 1 aromatic rings. The second kappa shape index (κ2) is 6.50. The van der Waals surface area contributed by atoms with E-state index in [1.165, 1.54) is 0 Å². The van der Waals surface area contributed by atoms with E-state index in [4.69, 9.17) is 4.74 Å². The topological polar surface area (TPSA) is 75.7 Å². The summed E-state index contributed by atoms with van der Waals surface area (Å²) in [5.74, 6) is -0.570. The summed E-state index contributed by atoms with van der Waals surface area (Å²) < 4.78 is 6.08. The van der Waals surface area contributed by atoms with Crippen LogP contribution in [-0.4, -0.2) is 41.8 Å². The van der Waals surface area contributed by atoms with Crippen molar-refractivity contribution in [3.63, 3.8) is 0 Å². The Labute approximate surface area is 147 Å². The zero-order valence-corrected chi connectivity index (χ0v) is 14.9. The van der Waals surface area contributed by atoms with E-state index < -0.39 is 5.92 Å². The molecule has 0 spiro atoms. The number of likely N-dealkylation sites (tertiary alicyclic amines) is 1. The highest BCUT2D eigenvalue weighted by Crippen LogP contribution is 2.33. The largest absolute Gasteiger partial charge is 0.486 e. The van der Waals surface area contributed by atoms with Gasteiger partial charge in [-0.1, -0.05) is 39.0 Å². The highest BCUT2D eigenvalue weighted by Gasteiger charge is 2.39. The Morgan fingerprint density at radius 3 is 2.32 bits per heavy atom. The first-order valence-electron chi connectivity index (χ1n) is 8.61. The number of hydrogen-bond acceptors (Lipinski definition) is 4. The standard InChI is InChI=1S/C19H24N2O4/c1-19(2,3)14-6-4-5-7-15(14)25-13-10-21(11-13)18(24)12-8-16(22)20-17(23)9-12/h4-7,12-13H,8-11H2,1-3H3,(H,20,22,23). The Bertz CT molecular complexity index is 686. The first-order valence-corrected chi connectivity index (χ1v) is 8.61. The van der Waals surface area contributed by atoms with Crippen LogP contribution in [0.25, 0.3) is 0 Å². The Hall–Kier alpha value is -2.37. The van der Waals surface area contributed by atoms with Gasteiger partial charge in [-0.2, -0.15) is 0 Å². The lowest BCUT2D eigenvalue weighted by atomic mass is 9.86. The summed E-state index contributed by atoms with van der Waals surface area (Å²) in [4.78, 5) is 37.0. The molecule has 1 aromatic carbocycles. The SMILES string of the molecule is CC(C)(C)c1ccccc1OC1CN(C(=O)C2CC(=O)NC(=O)C2)C1. The molecule has 1 N–H and O–H groups in total. The maximum Gasteiger partial charge on any atom is 0.227 e. The van der Waals surface area contributed by atoms with Crippen LogP contribution in [0.15, 0.2) is 24.3 Å². The van der Waals surface area contributed by atoms with Crippen molar-refractivity contribution < 1.29 is 19.1 Å². The second-order valence-electron chi connectivity index (χ2n) is 7.81. The number of amides is 3. The summed E-state index contributed by atoms with van der Waals surface area (Å²) in [5.41, 5.74) is 1.11. The minimum atomic E-state index is -0.538. The molecule has 6 nitrogen and oxygen atoms in total. The van der Waals surface area contributed by atoms with E-state index in [1.807, 2.05) is 18.2 Å². The summed E-state index contributed by atoms with van der Waals surface area (Å²) in [6.07, 6.45) is 0.111. The van der Waals surface area contributed by atoms with Crippen molar-refractivity contribution in [2.45, 2.75) is 45.1 Å². The van der Waals surface area contributed by atoms with Crippen LogP contribution in [0.2, 0.25) is 0 Å². The van der Waals surface area contributed by atoms with E-state index in [1.54, 1.807) is 4.90 Å². The van der Waals surface area contributed by atoms with Gasteiger partial charge in [-0.15, -0.1) is 0 Å². The molecule has 0 saturated carbocycles. The van der Waals surface area contributed by atoms with Crippen molar-refractivity contribution in [2.24, 2.45) is 5.92 Å². The fourth-order valence-electron chi connectivity index (χ4n) is 3.27. The van der Waals surface area contributed by atoms with Crippen LogP contribution in [0.5, 0.6) is 5.75 Å². The fraction of sp³-hybridized carbons (Fsp3) is 0.526. The van der Waals surface area contributed by atoms with E-state index in [0.29, 0.717) is 13.1 Å². The molecule has 134 valence electrons. The summed E-state index contributed by atoms with van der Waals surface area (Å²) in [6.45, 7) is 7.39. The third-order valence-electron chi connectivity index (χ3n) is 4.64. The first-order chi connectivity index (χ1) is 11.7. The Morgan fingerprint density at radius 1 is 1.12 bits per heavy atom. The number of nitrogens with zero attached hydrogens (tertiary/aromatic N) is 1. The molecule has 0 aliphatic carbocycles. The van der Waals surface area contributed by atoms with Gasteiger partial charge in [0.05, 0.1) is 19.0 Å². The number of rotatable bonds is 3. The van der Waals surface area contributed by atoms with Gasteiger partial charge in [0, 0.05) is 12.8 Å². The van der Waals surface area contributed by atoms with Gasteiger partial charge in [0.1, 0.15) is 11.9 Å². The lowest BCUT2D eigenvalue weighted by molar-refractivity contribution is -0.151. The van der Waals surface area contributed by atoms with E-state index in [2.05, 4.69) is 32.2 Å². The van der Waals surface area contributed by atoms with Crippen LogP contribution in [0.1, 0.15) is 39.2 Å². The van der Waals surface area contributed by atoms with Crippen LogP contribution in [0.3, 0.4) is 0 Å². The number of piperidine rings is 1. The third-order valence-corrected chi connectivity index (χ3v) is 4.64. The molecular weight excluding hydrogens is 320 g/mol. The van der Waals surface area contributed by atoms with Gasteiger partial charge in [-0.3, -0.25) is 19.7 Å². The van der Waals surface area contributed by atoms with Crippen LogP contribution < -0.4 is 10.1 Å². The van der Waals surface area contributed by atoms with E-state index in [9.17, 15) is 14.4 Å². The van der Waals surface area contributed by atoms with Gasteiger partial charge < -0.3 is 9.64 Å². The van der Waals surface area contributed by atoms with Crippen LogP contribution in [0, 0.1) is 5.92 Å². The number of carbonyl (C=O) groups excluding carboxylic acids is 3. The van der Waals surface area contributed by atoms with Crippen LogP contribution >= 0.6 is 0 Å². The number of hydrogen-bond donors (Lipinski definition) is 1. The zero-order chi connectivity index (χ0) is 18.2. The summed E-state index contributed by atoms with van der Waals surface area (Å²) in [7, 11) is 0. The fourth-order valence-corrected chi connectivity index (χ4v) is 3.27. The first kappa shape index (κ1) is 17.5. The van der Waals surface area contributed by atoms with Crippen LogP contribution in [0.4, 0.5) is 0 Å². The highest BCUT2D eigenvalue weighted by atomic mass is 16.5. The molecule has 3 amide bonds. The van der Waals surface area contributed by atoms with E-state index in [0.717, 1.165) is 11.3 Å². The van der Waals surface area contributed by atoms with Crippen molar-refractivity contribution in [1.82, 2.24) is 10.2 Å². The van der Waals surface area contributed by atoms with Crippen molar-refractivity contribution in [3.05, 3.63) is 29.8 Å². The third kappa shape index (κ3) is 3.83. The predicted octanol–water partition coefficient (Wildman–Crippen LogP) is 1.63. The molecule has 2 aliphatic heterocycles. The van der Waals surface area contributed by atoms with E-state index >= 15 is 0 Å². The maximum atomic E-state index is 12.4. The van der Waals surface area contributed by atoms with Gasteiger partial charge in [0.25, 0.3) is 0 Å². The molecule has 3 rings (SSSR count). The molecule has 25 heavy (non-hydrogen) atoms. The number of benzene rings is 1. The van der Waals surface area contributed by atoms with Gasteiger partial charge in [-0.05, 0) is 17.0 Å². The van der Waals surface area contributed by atoms with E-state index in [-0.39, 0.29) is 42.1 Å². The lowest BCUT2D eigenvalue weighted by Gasteiger charge is -2.41. The number of nitrogens with one attached hydrogen (secondary N) is 1. The normalized spacial score (nSPS) is 19.4. The molecule has 0 bridgehead atoms. The lowest BCUT2D eigenvalue weighted by Crippen LogP contribution is -2.59. The van der Waals surface area contributed by atoms with Crippen molar-refractivity contribution in [1.29, 1.82) is 0 Å². The molecule has 2 saturated heterocycles. The highest BCUT2D eigenvalue weighted by molar-refractivity contribution is 6.02. The predicted molar refractivity (Wildman–Crippen MR) is 92.0 cm³/mol.